The fourth-order valence-electron chi connectivity index (χ4n) is 5.80. The Morgan fingerprint density at radius 1 is 0.786 bits per heavy atom. The standard InChI is InChI=1S/C26H33.C12H7Si.2ClH.Zr/c1-17(2)14-19-15-20-12-13-24(26(5,6)7)25(23(20)16-19)22-11-9-8-10-21(22)18(3)4;1-3-7-11-9(5-1)10-6-2-4-8-12(10)13-11;;;/h8-13,15-18H,14H2,1-7H3;1-7H;2*1H;/q2*-1;;;+4/p-2. The predicted molar refractivity (Wildman–Crippen MR) is 172 cm³/mol. The van der Waals surface area contributed by atoms with Crippen LogP contribution in [0.5, 0.6) is 0 Å². The van der Waals surface area contributed by atoms with E-state index in [4.69, 9.17) is 0 Å². The van der Waals surface area contributed by atoms with Crippen LogP contribution in [0.15, 0.2) is 91.0 Å². The van der Waals surface area contributed by atoms with Crippen LogP contribution >= 0.6 is 0 Å². The van der Waals surface area contributed by atoms with E-state index in [1.807, 2.05) is 6.07 Å². The van der Waals surface area contributed by atoms with Crippen LogP contribution in [-0.2, 0) is 38.0 Å². The Morgan fingerprint density at radius 2 is 1.43 bits per heavy atom. The van der Waals surface area contributed by atoms with Gasteiger partial charge in [-0.05, 0) is 34.8 Å². The van der Waals surface area contributed by atoms with Crippen molar-refractivity contribution in [3.63, 3.8) is 0 Å². The Bertz CT molecular complexity index is 1560. The SMILES string of the molecule is CC(C)Cc1cc2c(-c3ccccc3C(C)C)c(C(C)(C)C)ccc2[cH-]1.[Cl-].[Cl-].[Zr+4].[c-]1cccc2c1[Si]c1ccccc1-2. The zero-order chi connectivity index (χ0) is 27.7. The molecule has 0 fully saturated rings. The molecule has 0 unspecified atom stereocenters. The minimum atomic E-state index is 0. The summed E-state index contributed by atoms with van der Waals surface area (Å²) in [7, 11) is 0.795. The monoisotopic (exact) mass is 684 g/mol. The molecule has 0 saturated heterocycles. The van der Waals surface area contributed by atoms with Crippen LogP contribution in [0.2, 0.25) is 0 Å². The largest absolute Gasteiger partial charge is 4.00 e. The maximum atomic E-state index is 3.31. The van der Waals surface area contributed by atoms with Crippen molar-refractivity contribution in [1.29, 1.82) is 0 Å². The van der Waals surface area contributed by atoms with Gasteiger partial charge in [-0.25, -0.2) is 0 Å². The van der Waals surface area contributed by atoms with Gasteiger partial charge >= 0.3 is 26.2 Å². The molecule has 0 N–H and O–H groups in total. The van der Waals surface area contributed by atoms with Crippen molar-refractivity contribution in [2.45, 2.75) is 66.2 Å². The van der Waals surface area contributed by atoms with Gasteiger partial charge in [0.2, 0.25) is 0 Å². The molecule has 5 aromatic carbocycles. The van der Waals surface area contributed by atoms with E-state index in [0.717, 1.165) is 15.9 Å². The van der Waals surface area contributed by atoms with Gasteiger partial charge in [-0.1, -0.05) is 119 Å². The summed E-state index contributed by atoms with van der Waals surface area (Å²) in [5, 5.41) is 5.62. The molecule has 2 radical (unpaired) electrons. The van der Waals surface area contributed by atoms with Crippen LogP contribution in [0.1, 0.15) is 71.1 Å². The van der Waals surface area contributed by atoms with E-state index in [-0.39, 0.29) is 56.4 Å². The van der Waals surface area contributed by atoms with Gasteiger partial charge in [-0.3, -0.25) is 0 Å². The molecule has 5 aromatic rings. The van der Waals surface area contributed by atoms with Crippen molar-refractivity contribution >= 4 is 30.7 Å². The molecule has 1 aliphatic heterocycles. The van der Waals surface area contributed by atoms with Crippen LogP contribution in [0.4, 0.5) is 0 Å². The first-order valence-corrected chi connectivity index (χ1v) is 15.3. The summed E-state index contributed by atoms with van der Waals surface area (Å²) in [6.45, 7) is 16.2. The fraction of sp³-hybridized carbons (Fsp3) is 0.289. The van der Waals surface area contributed by atoms with Crippen molar-refractivity contribution in [3.8, 4) is 22.3 Å². The van der Waals surface area contributed by atoms with Crippen molar-refractivity contribution in [2.24, 2.45) is 5.92 Å². The number of hydrogen-bond acceptors (Lipinski definition) is 0. The van der Waals surface area contributed by atoms with Crippen molar-refractivity contribution in [2.75, 3.05) is 0 Å². The van der Waals surface area contributed by atoms with Gasteiger partial charge in [0.15, 0.2) is 0 Å². The van der Waals surface area contributed by atoms with Crippen LogP contribution < -0.4 is 35.2 Å². The minimum absolute atomic E-state index is 0. The molecular formula is C38H40Cl2SiZr. The normalized spacial score (nSPS) is 11.5. The molecule has 0 spiro atoms. The molecule has 6 rings (SSSR count). The first-order valence-electron chi connectivity index (χ1n) is 14.3. The molecule has 0 amide bonds. The molecule has 0 nitrogen and oxygen atoms in total. The third-order valence-corrected chi connectivity index (χ3v) is 8.96. The van der Waals surface area contributed by atoms with Crippen molar-refractivity contribution in [3.05, 3.63) is 114 Å². The molecule has 0 aliphatic carbocycles. The molecule has 0 saturated carbocycles. The van der Waals surface area contributed by atoms with Gasteiger partial charge in [0.1, 0.15) is 0 Å². The molecule has 0 bridgehead atoms. The van der Waals surface area contributed by atoms with E-state index in [9.17, 15) is 0 Å². The van der Waals surface area contributed by atoms with E-state index < -0.39 is 0 Å². The minimum Gasteiger partial charge on any atom is -1.00 e. The average molecular weight is 687 g/mol. The Hall–Kier alpha value is -1.83. The second-order valence-corrected chi connectivity index (χ2v) is 13.9. The molecule has 1 heterocycles. The fourth-order valence-corrected chi connectivity index (χ4v) is 7.11. The summed E-state index contributed by atoms with van der Waals surface area (Å²) in [6, 6.07) is 36.6. The Labute approximate surface area is 287 Å². The molecule has 1 aliphatic rings. The summed E-state index contributed by atoms with van der Waals surface area (Å²) >= 11 is 0. The average Bonchev–Trinajstić information content (AvgIpc) is 3.48. The van der Waals surface area contributed by atoms with Gasteiger partial charge in [0.25, 0.3) is 0 Å². The second-order valence-electron chi connectivity index (χ2n) is 12.6. The Morgan fingerprint density at radius 3 is 2.10 bits per heavy atom. The Balaban J connectivity index is 0.000000325. The molecular weight excluding hydrogens is 647 g/mol. The second kappa shape index (κ2) is 15.3. The summed E-state index contributed by atoms with van der Waals surface area (Å²) in [5.74, 6) is 1.19. The third kappa shape index (κ3) is 7.81. The van der Waals surface area contributed by atoms with Gasteiger partial charge in [-0.15, -0.1) is 40.1 Å². The first-order chi connectivity index (χ1) is 18.6. The van der Waals surface area contributed by atoms with Gasteiger partial charge in [-0.2, -0.15) is 35.5 Å². The predicted octanol–water partition coefficient (Wildman–Crippen LogP) is 2.97. The van der Waals surface area contributed by atoms with Crippen molar-refractivity contribution in [1.82, 2.24) is 0 Å². The molecule has 42 heavy (non-hydrogen) atoms. The van der Waals surface area contributed by atoms with E-state index in [1.54, 1.807) is 0 Å². The van der Waals surface area contributed by atoms with Gasteiger partial charge < -0.3 is 24.8 Å². The quantitative estimate of drug-likeness (QED) is 0.198. The molecule has 4 heteroatoms. The zero-order valence-electron chi connectivity index (χ0n) is 25.8. The zero-order valence-corrected chi connectivity index (χ0v) is 30.7. The number of benzene rings is 4. The van der Waals surface area contributed by atoms with Crippen LogP contribution in [0.25, 0.3) is 33.0 Å². The van der Waals surface area contributed by atoms with E-state index >= 15 is 0 Å². The van der Waals surface area contributed by atoms with Gasteiger partial charge in [0, 0.05) is 0 Å². The topological polar surface area (TPSA) is 0 Å². The van der Waals surface area contributed by atoms with Gasteiger partial charge in [0.05, 0.1) is 9.52 Å². The Kier molecular flexibility index (Phi) is 13.2. The summed E-state index contributed by atoms with van der Waals surface area (Å²) in [4.78, 5) is 0. The summed E-state index contributed by atoms with van der Waals surface area (Å²) < 4.78 is 0. The van der Waals surface area contributed by atoms with Crippen LogP contribution in [-0.4, -0.2) is 9.52 Å². The number of fused-ring (bicyclic) bond motifs is 4. The number of halogens is 2. The maximum Gasteiger partial charge on any atom is 4.00 e. The first kappa shape index (κ1) is 36.4. The van der Waals surface area contributed by atoms with E-state index in [1.165, 1.54) is 60.1 Å². The smallest absolute Gasteiger partial charge is 1.00 e. The van der Waals surface area contributed by atoms with Crippen LogP contribution in [0, 0.1) is 12.0 Å². The summed E-state index contributed by atoms with van der Waals surface area (Å²) in [5.41, 5.74) is 10.1. The number of rotatable bonds is 4. The molecule has 0 atom stereocenters. The third-order valence-electron chi connectivity index (χ3n) is 7.59. The molecule has 0 aromatic heterocycles. The van der Waals surface area contributed by atoms with Crippen molar-refractivity contribution < 1.29 is 51.0 Å². The maximum absolute atomic E-state index is 3.31. The molecule has 214 valence electrons. The van der Waals surface area contributed by atoms with Crippen LogP contribution in [0.3, 0.4) is 0 Å². The van der Waals surface area contributed by atoms with E-state index in [2.05, 4.69) is 139 Å². The number of hydrogen-bond donors (Lipinski definition) is 0. The van der Waals surface area contributed by atoms with E-state index in [0.29, 0.717) is 11.8 Å². The summed E-state index contributed by atoms with van der Waals surface area (Å²) in [6.07, 6.45) is 1.14.